The van der Waals surface area contributed by atoms with Gasteiger partial charge < -0.3 is 9.97 Å². The van der Waals surface area contributed by atoms with E-state index in [0.29, 0.717) is 45.9 Å². The lowest BCUT2D eigenvalue weighted by Gasteiger charge is -2.23. The zero-order valence-electron chi connectivity index (χ0n) is 65.5. The molecule has 0 atom stereocenters. The van der Waals surface area contributed by atoms with Crippen LogP contribution < -0.4 is 0 Å². The van der Waals surface area contributed by atoms with Crippen LogP contribution in [0.5, 0.6) is 0 Å². The van der Waals surface area contributed by atoms with E-state index in [1.807, 2.05) is 0 Å². The van der Waals surface area contributed by atoms with Crippen LogP contribution in [0.1, 0.15) is 211 Å². The summed E-state index contributed by atoms with van der Waals surface area (Å²) < 4.78 is 0. The second kappa shape index (κ2) is 21.8. The Labute approximate surface area is 611 Å². The summed E-state index contributed by atoms with van der Waals surface area (Å²) in [6.45, 7) is 55.4. The smallest absolute Gasteiger partial charge is 0.165 e. The number of aromatic amines is 2. The van der Waals surface area contributed by atoms with Crippen molar-refractivity contribution in [3.05, 3.63) is 190 Å². The fraction of sp³-hybridized carbons (Fsp3) is 0.333. The predicted octanol–water partition coefficient (Wildman–Crippen LogP) is 26.5. The Morgan fingerprint density at radius 1 is 0.173 bits per heavy atom. The fourth-order valence-corrected chi connectivity index (χ4v) is 16.6. The number of aromatic nitrogens is 8. The maximum absolute atomic E-state index is 6.09. The third kappa shape index (κ3) is 10.5. The van der Waals surface area contributed by atoms with E-state index >= 15 is 0 Å². The normalized spacial score (nSPS) is 13.8. The van der Waals surface area contributed by atoms with E-state index in [9.17, 15) is 0 Å². The summed E-state index contributed by atoms with van der Waals surface area (Å²) in [6.07, 6.45) is 0. The molecule has 5 heterocycles. The number of benzene rings is 12. The van der Waals surface area contributed by atoms with Gasteiger partial charge in [0.05, 0.1) is 0 Å². The number of nitrogens with zero attached hydrogens (tertiary/aromatic N) is 6. The molecule has 12 aromatic carbocycles. The first kappa shape index (κ1) is 67.3. The molecule has 2 N–H and O–H groups in total. The molecule has 0 radical (unpaired) electrons. The molecule has 0 spiro atoms. The van der Waals surface area contributed by atoms with Crippen LogP contribution in [0.25, 0.3) is 176 Å². The molecule has 3 aromatic heterocycles. The third-order valence-corrected chi connectivity index (χ3v) is 23.0. The first-order valence-corrected chi connectivity index (χ1v) is 37.6. The molecular weight excluding hydrogens is 1270 g/mol. The molecule has 0 unspecified atom stereocenters. The Hall–Kier alpha value is -9.92. The van der Waals surface area contributed by atoms with Crippen LogP contribution in [0.4, 0.5) is 0 Å². The molecule has 0 aliphatic carbocycles. The maximum Gasteiger partial charge on any atom is 0.165 e. The van der Waals surface area contributed by atoms with Crippen LogP contribution in [0.15, 0.2) is 146 Å². The summed E-state index contributed by atoms with van der Waals surface area (Å²) in [5.74, 6) is 2.28. The minimum Gasteiger partial charge on any atom is -0.324 e. The standard InChI is InChI=1S/C96H98N8/c1-89(2,3)49-25-33-57-65(41-49)66-42-50(90(4,5)6)26-34-58(66)74-73(57)81-97-82(74)102-84-77-61-37-29-53(93(13,14)15)45-69(61)70-46-54(94(16,17)18)30-38-62(70)78(77)86(99-84)104-88-80-64-40-32-56(96(22,23)24)48-72(64)71-47-55(95(19,20)21)31-39-63(71)79(80)87(100-88)103-85-76-60-36-28-52(92(10,11)12)44-68(60)67-43-51(91(7,8)9)27-35-59(67)75(76)83(98-85)101-81/h25-48H,1-24H3,(H2,97,98,99,100,101,102,103,104). The van der Waals surface area contributed by atoms with E-state index in [4.69, 9.17) is 29.9 Å². The SMILES string of the molecule is CC(C)(C)c1ccc2c3c(c4ccc(C(C)(C)C)cc4c2c1)-c1nc-3nc2[nH]c(nc3nc(nc4[nH]c(n1)c1c5ccc(C(C)(C)C)cc5c5cc(C(C)(C)C)ccc5c41)-c1c-3c3ccc(C(C)(C)C)cc3c3cc(C(C)(C)C)ccc13)c1c3ccc(C(C)(C)C)cc3c3cc(C(C)(C)C)ccc3c21. The molecule has 0 fully saturated rings. The molecule has 8 bridgehead atoms. The summed E-state index contributed by atoms with van der Waals surface area (Å²) in [7, 11) is 0. The lowest BCUT2D eigenvalue weighted by molar-refractivity contribution is 0.590. The summed E-state index contributed by atoms with van der Waals surface area (Å²) in [5.41, 5.74) is 15.3. The van der Waals surface area contributed by atoms with Gasteiger partial charge in [-0.1, -0.05) is 263 Å². The maximum atomic E-state index is 6.09. The minimum absolute atomic E-state index is 0.132. The predicted molar refractivity (Wildman–Crippen MR) is 446 cm³/mol. The van der Waals surface area contributed by atoms with Crippen molar-refractivity contribution >= 4 is 130 Å². The zero-order chi connectivity index (χ0) is 73.7. The molecule has 17 rings (SSSR count). The van der Waals surface area contributed by atoms with Gasteiger partial charge in [-0.05, 0) is 223 Å². The van der Waals surface area contributed by atoms with Crippen molar-refractivity contribution in [2.75, 3.05) is 0 Å². The average molecular weight is 1360 g/mol. The lowest BCUT2D eigenvalue weighted by atomic mass is 9.81. The first-order chi connectivity index (χ1) is 48.6. The van der Waals surface area contributed by atoms with Crippen LogP contribution in [-0.2, 0) is 43.3 Å². The van der Waals surface area contributed by atoms with Crippen molar-refractivity contribution < 1.29 is 0 Å². The molecule has 8 heteroatoms. The number of hydrogen-bond acceptors (Lipinski definition) is 6. The topological polar surface area (TPSA) is 109 Å². The highest BCUT2D eigenvalue weighted by molar-refractivity contribution is 6.35. The largest absolute Gasteiger partial charge is 0.324 e. The van der Waals surface area contributed by atoms with Crippen molar-refractivity contribution in [2.24, 2.45) is 0 Å². The van der Waals surface area contributed by atoms with Crippen molar-refractivity contribution in [1.29, 1.82) is 0 Å². The summed E-state index contributed by atoms with van der Waals surface area (Å²) >= 11 is 0. The van der Waals surface area contributed by atoms with Gasteiger partial charge in [0, 0.05) is 43.8 Å². The average Bonchev–Trinajstić information content (AvgIpc) is 1.52. The Morgan fingerprint density at radius 2 is 0.317 bits per heavy atom. The van der Waals surface area contributed by atoms with Gasteiger partial charge in [-0.25, -0.2) is 29.9 Å². The van der Waals surface area contributed by atoms with Crippen LogP contribution in [0, 0.1) is 0 Å². The lowest BCUT2D eigenvalue weighted by Crippen LogP contribution is -2.11. The van der Waals surface area contributed by atoms with Gasteiger partial charge in [0.2, 0.25) is 0 Å². The Morgan fingerprint density at radius 3 is 0.471 bits per heavy atom. The molecule has 104 heavy (non-hydrogen) atoms. The highest BCUT2D eigenvalue weighted by Gasteiger charge is 2.34. The van der Waals surface area contributed by atoms with Crippen molar-refractivity contribution in [1.82, 2.24) is 39.9 Å². The number of nitrogens with one attached hydrogen (secondary N) is 2. The van der Waals surface area contributed by atoms with Gasteiger partial charge in [0.25, 0.3) is 0 Å². The van der Waals surface area contributed by atoms with Gasteiger partial charge in [-0.2, -0.15) is 0 Å². The zero-order valence-corrected chi connectivity index (χ0v) is 65.5. The quantitative estimate of drug-likeness (QED) is 0.146. The minimum atomic E-state index is -0.133. The third-order valence-electron chi connectivity index (χ3n) is 23.0. The van der Waals surface area contributed by atoms with Gasteiger partial charge in [0.15, 0.2) is 23.3 Å². The fourth-order valence-electron chi connectivity index (χ4n) is 16.6. The first-order valence-electron chi connectivity index (χ1n) is 37.6. The van der Waals surface area contributed by atoms with Crippen LogP contribution in [0.2, 0.25) is 0 Å². The second-order valence-corrected chi connectivity index (χ2v) is 38.7. The molecule has 15 aromatic rings. The Kier molecular flexibility index (Phi) is 14.1. The van der Waals surface area contributed by atoms with Gasteiger partial charge in [0.1, 0.15) is 22.6 Å². The van der Waals surface area contributed by atoms with E-state index in [1.54, 1.807) is 0 Å². The van der Waals surface area contributed by atoms with E-state index in [0.717, 1.165) is 130 Å². The van der Waals surface area contributed by atoms with Gasteiger partial charge >= 0.3 is 0 Å². The molecular formula is C96H98N8. The molecule has 0 saturated heterocycles. The van der Waals surface area contributed by atoms with Crippen molar-refractivity contribution in [3.8, 4) is 45.6 Å². The number of H-pyrrole nitrogens is 2. The van der Waals surface area contributed by atoms with Crippen molar-refractivity contribution in [3.63, 3.8) is 0 Å². The highest BCUT2D eigenvalue weighted by atomic mass is 15.1. The molecule has 2 aliphatic rings. The van der Waals surface area contributed by atoms with Crippen LogP contribution in [-0.4, -0.2) is 39.9 Å². The molecule has 0 saturated carbocycles. The van der Waals surface area contributed by atoms with E-state index < -0.39 is 0 Å². The Bertz CT molecular complexity index is 5750. The summed E-state index contributed by atoms with van der Waals surface area (Å²) in [5, 5.41) is 21.7. The van der Waals surface area contributed by atoms with Gasteiger partial charge in [-0.3, -0.25) is 0 Å². The Balaban J connectivity index is 1.16. The monoisotopic (exact) mass is 1360 g/mol. The van der Waals surface area contributed by atoms with Crippen molar-refractivity contribution in [2.45, 2.75) is 209 Å². The van der Waals surface area contributed by atoms with E-state index in [-0.39, 0.29) is 43.3 Å². The van der Waals surface area contributed by atoms with Crippen LogP contribution in [0.3, 0.4) is 0 Å². The number of fused-ring (bicyclic) bond motifs is 40. The summed E-state index contributed by atoms with van der Waals surface area (Å²) in [6, 6.07) is 56.6. The van der Waals surface area contributed by atoms with Crippen LogP contribution >= 0.6 is 0 Å². The van der Waals surface area contributed by atoms with Gasteiger partial charge in [-0.15, -0.1) is 0 Å². The summed E-state index contributed by atoms with van der Waals surface area (Å²) in [4.78, 5) is 44.3. The number of hydrogen-bond donors (Lipinski definition) is 2. The highest BCUT2D eigenvalue weighted by Crippen LogP contribution is 2.53. The molecule has 0 amide bonds. The second-order valence-electron chi connectivity index (χ2n) is 38.7. The molecule has 2 aliphatic heterocycles. The number of rotatable bonds is 0. The molecule has 8 nitrogen and oxygen atoms in total. The van der Waals surface area contributed by atoms with E-state index in [1.165, 1.54) is 44.5 Å². The molecule has 522 valence electrons. The van der Waals surface area contributed by atoms with E-state index in [2.05, 4.69) is 322 Å².